The van der Waals surface area contributed by atoms with Crippen molar-refractivity contribution in [3.05, 3.63) is 29.3 Å². The van der Waals surface area contributed by atoms with Crippen LogP contribution in [0.1, 0.15) is 43.2 Å². The Morgan fingerprint density at radius 3 is 2.88 bits per heavy atom. The van der Waals surface area contributed by atoms with Crippen LogP contribution in [0.25, 0.3) is 5.70 Å². The summed E-state index contributed by atoms with van der Waals surface area (Å²) < 4.78 is 11.0. The summed E-state index contributed by atoms with van der Waals surface area (Å²) in [7, 11) is 0. The molecule has 1 N–H and O–H groups in total. The van der Waals surface area contributed by atoms with Gasteiger partial charge in [-0.1, -0.05) is 6.42 Å². The van der Waals surface area contributed by atoms with Crippen LogP contribution in [-0.4, -0.2) is 19.1 Å². The molecule has 2 saturated carbocycles. The van der Waals surface area contributed by atoms with Crippen LogP contribution in [0.3, 0.4) is 0 Å². The van der Waals surface area contributed by atoms with Crippen LogP contribution in [0, 0.1) is 17.8 Å². The molecule has 0 unspecified atom stereocenters. The number of rotatable bonds is 3. The first-order valence-corrected chi connectivity index (χ1v) is 9.17. The Bertz CT molecular complexity index is 724. The molecule has 2 aliphatic carbocycles. The van der Waals surface area contributed by atoms with Crippen molar-refractivity contribution < 1.29 is 14.3 Å². The van der Waals surface area contributed by atoms with Crippen molar-refractivity contribution in [1.29, 1.82) is 0 Å². The number of carbonyl (C=O) groups excluding carboxylic acids is 1. The van der Waals surface area contributed by atoms with Crippen LogP contribution < -0.4 is 14.8 Å². The van der Waals surface area contributed by atoms with E-state index in [9.17, 15) is 4.79 Å². The topological polar surface area (TPSA) is 47.6 Å². The van der Waals surface area contributed by atoms with E-state index in [0.29, 0.717) is 12.3 Å². The molecule has 0 aromatic heterocycles. The monoisotopic (exact) mass is 325 g/mol. The minimum Gasteiger partial charge on any atom is -0.454 e. The highest BCUT2D eigenvalue weighted by Gasteiger charge is 2.39. The van der Waals surface area contributed by atoms with Gasteiger partial charge in [-0.2, -0.15) is 0 Å². The smallest absolute Gasteiger partial charge is 0.231 e. The number of allylic oxidation sites excluding steroid dienone is 1. The number of hydrogen-bond acceptors (Lipinski definition) is 4. The molecule has 2 fully saturated rings. The molecule has 1 aromatic carbocycles. The van der Waals surface area contributed by atoms with Gasteiger partial charge < -0.3 is 14.8 Å². The molecule has 2 heterocycles. The van der Waals surface area contributed by atoms with Crippen molar-refractivity contribution in [3.63, 3.8) is 0 Å². The average molecular weight is 325 g/mol. The van der Waals surface area contributed by atoms with Gasteiger partial charge in [0.15, 0.2) is 17.3 Å². The van der Waals surface area contributed by atoms with Crippen LogP contribution in [0.2, 0.25) is 0 Å². The Morgan fingerprint density at radius 1 is 1.21 bits per heavy atom. The van der Waals surface area contributed by atoms with Gasteiger partial charge in [-0.25, -0.2) is 0 Å². The van der Waals surface area contributed by atoms with Crippen molar-refractivity contribution in [3.8, 4) is 11.5 Å². The van der Waals surface area contributed by atoms with Crippen LogP contribution in [0.5, 0.6) is 11.5 Å². The Balaban J connectivity index is 1.37. The fourth-order valence-electron chi connectivity index (χ4n) is 5.10. The lowest BCUT2D eigenvalue weighted by Gasteiger charge is -2.23. The third-order valence-electron chi connectivity index (χ3n) is 6.25. The van der Waals surface area contributed by atoms with E-state index < -0.39 is 0 Å². The fraction of sp³-hybridized carbons (Fsp3) is 0.550. The predicted molar refractivity (Wildman–Crippen MR) is 90.8 cm³/mol. The Morgan fingerprint density at radius 2 is 2.08 bits per heavy atom. The average Bonchev–Trinajstić information content (AvgIpc) is 3.29. The molecule has 3 atom stereocenters. The molecule has 2 aliphatic heterocycles. The fourth-order valence-corrected chi connectivity index (χ4v) is 5.10. The van der Waals surface area contributed by atoms with Gasteiger partial charge in [0.25, 0.3) is 0 Å². The van der Waals surface area contributed by atoms with Gasteiger partial charge in [0.05, 0.1) is 0 Å². The SMILES string of the molecule is O=C(/C=C1\NCCc2cc3c(cc21)OCO3)C[C@H]1C[C@H]2CC[C@H]1C2. The lowest BCUT2D eigenvalue weighted by Crippen LogP contribution is -2.24. The normalized spacial score (nSPS) is 31.2. The molecule has 4 heteroatoms. The number of ketones is 1. The quantitative estimate of drug-likeness (QED) is 0.866. The predicted octanol–water partition coefficient (Wildman–Crippen LogP) is 3.30. The summed E-state index contributed by atoms with van der Waals surface area (Å²) >= 11 is 0. The van der Waals surface area contributed by atoms with Gasteiger partial charge in [-0.05, 0) is 61.1 Å². The molecular formula is C20H23NO3. The van der Waals surface area contributed by atoms with Crippen molar-refractivity contribution >= 4 is 11.5 Å². The van der Waals surface area contributed by atoms with E-state index in [1.54, 1.807) is 0 Å². The lowest BCUT2D eigenvalue weighted by molar-refractivity contribution is -0.115. The summed E-state index contributed by atoms with van der Waals surface area (Å²) in [5.41, 5.74) is 3.27. The van der Waals surface area contributed by atoms with Gasteiger partial charge in [-0.3, -0.25) is 4.79 Å². The zero-order chi connectivity index (χ0) is 16.1. The van der Waals surface area contributed by atoms with Gasteiger partial charge in [-0.15, -0.1) is 0 Å². The molecule has 0 spiro atoms. The molecular weight excluding hydrogens is 302 g/mol. The van der Waals surface area contributed by atoms with Gasteiger partial charge in [0.1, 0.15) is 0 Å². The third-order valence-corrected chi connectivity index (χ3v) is 6.25. The maximum absolute atomic E-state index is 12.6. The Hall–Kier alpha value is -1.97. The van der Waals surface area contributed by atoms with Crippen LogP contribution in [0.4, 0.5) is 0 Å². The van der Waals surface area contributed by atoms with Crippen molar-refractivity contribution in [2.45, 2.75) is 38.5 Å². The number of fused-ring (bicyclic) bond motifs is 4. The summed E-state index contributed by atoms with van der Waals surface area (Å²) in [6.45, 7) is 1.15. The number of nitrogens with one attached hydrogen (secondary N) is 1. The van der Waals surface area contributed by atoms with Gasteiger partial charge in [0.2, 0.25) is 6.79 Å². The minimum absolute atomic E-state index is 0.264. The molecule has 24 heavy (non-hydrogen) atoms. The molecule has 0 radical (unpaired) electrons. The Labute approximate surface area is 142 Å². The summed E-state index contributed by atoms with van der Waals surface area (Å²) in [5, 5.41) is 3.40. The highest BCUT2D eigenvalue weighted by Crippen LogP contribution is 2.49. The molecule has 0 saturated heterocycles. The van der Waals surface area contributed by atoms with Crippen LogP contribution in [-0.2, 0) is 11.2 Å². The van der Waals surface area contributed by atoms with E-state index in [1.807, 2.05) is 12.1 Å². The summed E-state index contributed by atoms with van der Waals surface area (Å²) in [6.07, 6.45) is 8.84. The first kappa shape index (κ1) is 14.4. The number of benzene rings is 1. The second-order valence-corrected chi connectivity index (χ2v) is 7.70. The van der Waals surface area contributed by atoms with Gasteiger partial charge in [0, 0.05) is 30.3 Å². The molecule has 2 bridgehead atoms. The van der Waals surface area contributed by atoms with E-state index in [4.69, 9.17) is 9.47 Å². The third kappa shape index (κ3) is 2.40. The molecule has 0 amide bonds. The molecule has 5 rings (SSSR count). The molecule has 1 aromatic rings. The second kappa shape index (κ2) is 5.54. The Kier molecular flexibility index (Phi) is 3.32. The number of hydrogen-bond donors (Lipinski definition) is 1. The van der Waals surface area contributed by atoms with Crippen LogP contribution in [0.15, 0.2) is 18.2 Å². The molecule has 4 nitrogen and oxygen atoms in total. The second-order valence-electron chi connectivity index (χ2n) is 7.70. The maximum Gasteiger partial charge on any atom is 0.231 e. The standard InChI is InChI=1S/C20H23NO3/c22-16(7-15-6-12-1-2-13(15)5-12)9-18-17-10-20-19(23-11-24-20)8-14(17)3-4-21-18/h8-10,12-13,15,21H,1-7,11H2/b18-9-/t12-,13-,15+/m0/s1. The summed E-state index contributed by atoms with van der Waals surface area (Å²) in [5.74, 6) is 4.19. The van der Waals surface area contributed by atoms with Crippen molar-refractivity contribution in [1.82, 2.24) is 5.32 Å². The number of carbonyl (C=O) groups is 1. The van der Waals surface area contributed by atoms with E-state index in [-0.39, 0.29) is 12.6 Å². The molecule has 126 valence electrons. The maximum atomic E-state index is 12.6. The van der Waals surface area contributed by atoms with E-state index in [1.165, 1.54) is 31.2 Å². The summed E-state index contributed by atoms with van der Waals surface area (Å²) in [4.78, 5) is 12.6. The largest absolute Gasteiger partial charge is 0.454 e. The zero-order valence-electron chi connectivity index (χ0n) is 13.8. The first-order chi connectivity index (χ1) is 11.8. The zero-order valence-corrected chi connectivity index (χ0v) is 13.8. The highest BCUT2D eigenvalue weighted by molar-refractivity contribution is 5.97. The van der Waals surface area contributed by atoms with E-state index in [0.717, 1.165) is 47.6 Å². The summed E-state index contributed by atoms with van der Waals surface area (Å²) in [6, 6.07) is 4.08. The lowest BCUT2D eigenvalue weighted by atomic mass is 9.85. The van der Waals surface area contributed by atoms with E-state index in [2.05, 4.69) is 11.4 Å². The first-order valence-electron chi connectivity index (χ1n) is 9.17. The highest BCUT2D eigenvalue weighted by atomic mass is 16.7. The van der Waals surface area contributed by atoms with E-state index >= 15 is 0 Å². The molecule has 4 aliphatic rings. The number of ether oxygens (including phenoxy) is 2. The van der Waals surface area contributed by atoms with Crippen molar-refractivity contribution in [2.75, 3.05) is 13.3 Å². The van der Waals surface area contributed by atoms with Gasteiger partial charge >= 0.3 is 0 Å². The minimum atomic E-state index is 0.264. The van der Waals surface area contributed by atoms with Crippen LogP contribution >= 0.6 is 0 Å². The van der Waals surface area contributed by atoms with Crippen molar-refractivity contribution in [2.24, 2.45) is 17.8 Å².